The number of imide groups is 2. The van der Waals surface area contributed by atoms with E-state index in [-0.39, 0.29) is 37.0 Å². The van der Waals surface area contributed by atoms with Crippen LogP contribution >= 0.6 is 0 Å². The molecule has 0 spiro atoms. The SMILES string of the molecule is O=C(O)CCOCCOCCOCCOCCOCCOCCOCCOCCOCCNc1cccc2c1C(=O)N(C1CCC(=O)NC1=O)C2=O. The van der Waals surface area contributed by atoms with Gasteiger partial charge in [-0.25, -0.2) is 0 Å². The molecule has 0 saturated carbocycles. The molecule has 2 aliphatic rings. The number of anilines is 1. The van der Waals surface area contributed by atoms with Crippen molar-refractivity contribution in [2.75, 3.05) is 131 Å². The number of carboxylic acid groups (broad SMARTS) is 1. The quantitative estimate of drug-likeness (QED) is 0.0661. The van der Waals surface area contributed by atoms with Crippen molar-refractivity contribution >= 4 is 35.3 Å². The Morgan fingerprint density at radius 1 is 0.654 bits per heavy atom. The van der Waals surface area contributed by atoms with Crippen LogP contribution in [0.1, 0.15) is 40.0 Å². The first-order chi connectivity index (χ1) is 25.4. The van der Waals surface area contributed by atoms with E-state index in [1.807, 2.05) is 0 Å². The zero-order chi connectivity index (χ0) is 37.2. The highest BCUT2D eigenvalue weighted by Crippen LogP contribution is 2.32. The topological polar surface area (TPSA) is 216 Å². The van der Waals surface area contributed by atoms with Crippen molar-refractivity contribution in [3.8, 4) is 0 Å². The lowest BCUT2D eigenvalue weighted by molar-refractivity contribution is -0.138. The van der Waals surface area contributed by atoms with Gasteiger partial charge in [-0.1, -0.05) is 6.07 Å². The van der Waals surface area contributed by atoms with Crippen LogP contribution < -0.4 is 10.6 Å². The predicted octanol–water partition coefficient (Wildman–Crippen LogP) is 0.124. The molecule has 18 heteroatoms. The van der Waals surface area contributed by atoms with Gasteiger partial charge in [-0.3, -0.25) is 34.2 Å². The minimum Gasteiger partial charge on any atom is -0.481 e. The molecule has 1 aromatic rings. The molecule has 2 aliphatic heterocycles. The van der Waals surface area contributed by atoms with Gasteiger partial charge in [0, 0.05) is 18.7 Å². The number of aliphatic carboxylic acids is 1. The number of carboxylic acids is 1. The van der Waals surface area contributed by atoms with Crippen LogP contribution in [0.15, 0.2) is 18.2 Å². The van der Waals surface area contributed by atoms with Crippen LogP contribution in [-0.4, -0.2) is 171 Å². The number of carbonyl (C=O) groups excluding carboxylic acids is 4. The van der Waals surface area contributed by atoms with Crippen LogP contribution in [-0.2, 0) is 57.0 Å². The van der Waals surface area contributed by atoms with Gasteiger partial charge in [-0.2, -0.15) is 0 Å². The molecule has 0 aliphatic carbocycles. The standard InChI is InChI=1S/C34H51N3O15/c38-29-5-4-28(32(41)36-29)37-33(42)26-2-1-3-27(31(26)34(37)43)35-7-9-45-11-13-47-15-17-49-19-21-51-23-25-52-24-22-50-20-18-48-16-14-46-12-10-44-8-6-30(39)40/h1-3,28,35H,4-25H2,(H,39,40)(H,36,38,41). The summed E-state index contributed by atoms with van der Waals surface area (Å²) < 4.78 is 48.7. The number of hydrogen-bond donors (Lipinski definition) is 3. The second-order valence-corrected chi connectivity index (χ2v) is 11.3. The molecule has 0 aromatic heterocycles. The molecule has 1 aromatic carbocycles. The molecule has 1 atom stereocenters. The van der Waals surface area contributed by atoms with Crippen molar-refractivity contribution in [3.63, 3.8) is 0 Å². The molecule has 3 rings (SSSR count). The number of fused-ring (bicyclic) bond motifs is 1. The van der Waals surface area contributed by atoms with E-state index in [9.17, 15) is 24.0 Å². The van der Waals surface area contributed by atoms with E-state index < -0.39 is 35.6 Å². The maximum Gasteiger partial charge on any atom is 0.305 e. The lowest BCUT2D eigenvalue weighted by Gasteiger charge is -2.27. The average molecular weight is 742 g/mol. The molecule has 3 N–H and O–H groups in total. The summed E-state index contributed by atoms with van der Waals surface area (Å²) in [6.45, 7) is 7.64. The number of hydrogen-bond acceptors (Lipinski definition) is 15. The van der Waals surface area contributed by atoms with Gasteiger partial charge < -0.3 is 53.1 Å². The van der Waals surface area contributed by atoms with Crippen molar-refractivity contribution in [2.45, 2.75) is 25.3 Å². The molecule has 1 saturated heterocycles. The average Bonchev–Trinajstić information content (AvgIpc) is 3.38. The van der Waals surface area contributed by atoms with Gasteiger partial charge in [0.05, 0.1) is 136 Å². The fourth-order valence-corrected chi connectivity index (χ4v) is 4.94. The maximum absolute atomic E-state index is 13.1. The van der Waals surface area contributed by atoms with Crippen molar-refractivity contribution in [1.82, 2.24) is 10.2 Å². The Bertz CT molecular complexity index is 1250. The summed E-state index contributed by atoms with van der Waals surface area (Å²) in [6, 6.07) is 3.88. The molecule has 18 nitrogen and oxygen atoms in total. The summed E-state index contributed by atoms with van der Waals surface area (Å²) in [5.41, 5.74) is 0.891. The molecule has 0 radical (unpaired) electrons. The van der Waals surface area contributed by atoms with Crippen LogP contribution in [0.3, 0.4) is 0 Å². The van der Waals surface area contributed by atoms with Gasteiger partial charge in [0.25, 0.3) is 11.8 Å². The second-order valence-electron chi connectivity index (χ2n) is 11.3. The van der Waals surface area contributed by atoms with Gasteiger partial charge in [0.15, 0.2) is 0 Å². The maximum atomic E-state index is 13.1. The summed E-state index contributed by atoms with van der Waals surface area (Å²) in [4.78, 5) is 61.1. The molecule has 1 fully saturated rings. The lowest BCUT2D eigenvalue weighted by atomic mass is 10.0. The van der Waals surface area contributed by atoms with Gasteiger partial charge in [0.1, 0.15) is 6.04 Å². The predicted molar refractivity (Wildman–Crippen MR) is 181 cm³/mol. The van der Waals surface area contributed by atoms with Crippen molar-refractivity contribution in [3.05, 3.63) is 29.3 Å². The molecule has 292 valence electrons. The number of benzene rings is 1. The highest BCUT2D eigenvalue weighted by Gasteiger charge is 2.45. The fraction of sp³-hybridized carbons (Fsp3) is 0.676. The molecular formula is C34H51N3O15. The monoisotopic (exact) mass is 741 g/mol. The molecule has 1 unspecified atom stereocenters. The van der Waals surface area contributed by atoms with E-state index in [0.29, 0.717) is 125 Å². The fourth-order valence-electron chi connectivity index (χ4n) is 4.94. The number of carbonyl (C=O) groups is 5. The van der Waals surface area contributed by atoms with Crippen molar-refractivity contribution < 1.29 is 71.7 Å². The zero-order valence-corrected chi connectivity index (χ0v) is 29.5. The van der Waals surface area contributed by atoms with Gasteiger partial charge in [-0.15, -0.1) is 0 Å². The lowest BCUT2D eigenvalue weighted by Crippen LogP contribution is -2.54. The normalized spacial score (nSPS) is 15.7. The van der Waals surface area contributed by atoms with Crippen LogP contribution in [0.25, 0.3) is 0 Å². The Labute approximate surface area is 302 Å². The van der Waals surface area contributed by atoms with Gasteiger partial charge in [0.2, 0.25) is 11.8 Å². The summed E-state index contributed by atoms with van der Waals surface area (Å²) in [7, 11) is 0. The molecule has 4 amide bonds. The van der Waals surface area contributed by atoms with E-state index in [1.165, 1.54) is 0 Å². The Balaban J connectivity index is 1.04. The first-order valence-corrected chi connectivity index (χ1v) is 17.4. The number of nitrogens with zero attached hydrogens (tertiary/aromatic N) is 1. The van der Waals surface area contributed by atoms with E-state index in [1.54, 1.807) is 18.2 Å². The summed E-state index contributed by atoms with van der Waals surface area (Å²) in [5, 5.41) is 13.8. The van der Waals surface area contributed by atoms with Gasteiger partial charge >= 0.3 is 5.97 Å². The Kier molecular flexibility index (Phi) is 21.6. The minimum absolute atomic E-state index is 0.0164. The van der Waals surface area contributed by atoms with Crippen LogP contribution in [0.2, 0.25) is 0 Å². The first-order valence-electron chi connectivity index (χ1n) is 17.4. The first kappa shape index (κ1) is 42.8. The van der Waals surface area contributed by atoms with Crippen molar-refractivity contribution in [1.29, 1.82) is 0 Å². The van der Waals surface area contributed by atoms with Crippen molar-refractivity contribution in [2.24, 2.45) is 0 Å². The second kappa shape index (κ2) is 26.2. The molecule has 52 heavy (non-hydrogen) atoms. The van der Waals surface area contributed by atoms with E-state index >= 15 is 0 Å². The van der Waals surface area contributed by atoms with Crippen LogP contribution in [0.5, 0.6) is 0 Å². The van der Waals surface area contributed by atoms with Gasteiger partial charge in [-0.05, 0) is 18.6 Å². The molecule has 2 heterocycles. The Morgan fingerprint density at radius 3 is 1.54 bits per heavy atom. The largest absolute Gasteiger partial charge is 0.481 e. The third-order valence-corrected chi connectivity index (χ3v) is 7.47. The third kappa shape index (κ3) is 16.4. The number of ether oxygens (including phenoxy) is 9. The molecule has 0 bridgehead atoms. The van der Waals surface area contributed by atoms with Crippen LogP contribution in [0.4, 0.5) is 5.69 Å². The summed E-state index contributed by atoms with van der Waals surface area (Å²) >= 11 is 0. The number of rotatable bonds is 32. The summed E-state index contributed by atoms with van der Waals surface area (Å²) in [5.74, 6) is -3.07. The number of amides is 4. The Morgan fingerprint density at radius 2 is 1.10 bits per heavy atom. The minimum atomic E-state index is -1.01. The van der Waals surface area contributed by atoms with Crippen LogP contribution in [0, 0.1) is 0 Å². The molecular weight excluding hydrogens is 690 g/mol. The van der Waals surface area contributed by atoms with E-state index in [0.717, 1.165) is 4.90 Å². The number of nitrogens with one attached hydrogen (secondary N) is 2. The summed E-state index contributed by atoms with van der Waals surface area (Å²) in [6.07, 6.45) is 0.145. The highest BCUT2D eigenvalue weighted by molar-refractivity contribution is 6.25. The highest BCUT2D eigenvalue weighted by atomic mass is 16.6. The Hall–Kier alpha value is -3.59. The van der Waals surface area contributed by atoms with E-state index in [2.05, 4.69) is 10.6 Å². The van der Waals surface area contributed by atoms with E-state index in [4.69, 9.17) is 47.7 Å². The smallest absolute Gasteiger partial charge is 0.305 e. The third-order valence-electron chi connectivity index (χ3n) is 7.47. The zero-order valence-electron chi connectivity index (χ0n) is 29.5. The number of piperidine rings is 1.